The first-order valence-electron chi connectivity index (χ1n) is 5.19. The van der Waals surface area contributed by atoms with Gasteiger partial charge in [-0.25, -0.2) is 4.98 Å². The van der Waals surface area contributed by atoms with E-state index in [-0.39, 0.29) is 5.56 Å². The second kappa shape index (κ2) is 3.23. The van der Waals surface area contributed by atoms with Gasteiger partial charge in [-0.3, -0.25) is 9.36 Å². The molecule has 3 heteroatoms. The van der Waals surface area contributed by atoms with Crippen molar-refractivity contribution >= 4 is 0 Å². The minimum absolute atomic E-state index is 0.152. The zero-order chi connectivity index (χ0) is 10.3. The molecule has 1 unspecified atom stereocenters. The summed E-state index contributed by atoms with van der Waals surface area (Å²) in [5.41, 5.74) is 1.83. The van der Waals surface area contributed by atoms with Gasteiger partial charge < -0.3 is 0 Å². The molecular weight excluding hydrogens is 176 g/mol. The molecule has 1 aliphatic rings. The number of hydrogen-bond donors (Lipinski definition) is 0. The Hall–Kier alpha value is -1.12. The van der Waals surface area contributed by atoms with Crippen LogP contribution in [0.4, 0.5) is 0 Å². The molecule has 0 amide bonds. The van der Waals surface area contributed by atoms with E-state index >= 15 is 0 Å². The number of nitrogens with zero attached hydrogens (tertiary/aromatic N) is 2. The van der Waals surface area contributed by atoms with Crippen LogP contribution in [0.3, 0.4) is 0 Å². The SMILES string of the molecule is Cc1nc2n(c(=O)c1C)CCCC2C. The van der Waals surface area contributed by atoms with E-state index in [1.54, 1.807) is 0 Å². The van der Waals surface area contributed by atoms with Crippen LogP contribution in [-0.4, -0.2) is 9.55 Å². The molecule has 0 saturated heterocycles. The highest BCUT2D eigenvalue weighted by Crippen LogP contribution is 2.23. The molecule has 2 rings (SSSR count). The molecule has 0 fully saturated rings. The first-order valence-corrected chi connectivity index (χ1v) is 5.19. The second-order valence-corrected chi connectivity index (χ2v) is 4.18. The molecule has 14 heavy (non-hydrogen) atoms. The van der Waals surface area contributed by atoms with Crippen molar-refractivity contribution in [1.82, 2.24) is 9.55 Å². The molecule has 1 aromatic heterocycles. The van der Waals surface area contributed by atoms with E-state index in [2.05, 4.69) is 11.9 Å². The molecule has 2 heterocycles. The minimum atomic E-state index is 0.152. The van der Waals surface area contributed by atoms with Gasteiger partial charge in [0.1, 0.15) is 5.82 Å². The molecule has 76 valence electrons. The molecular formula is C11H16N2O. The maximum Gasteiger partial charge on any atom is 0.256 e. The van der Waals surface area contributed by atoms with E-state index in [1.165, 1.54) is 0 Å². The molecule has 0 aliphatic carbocycles. The summed E-state index contributed by atoms with van der Waals surface area (Å²) in [6, 6.07) is 0. The first kappa shape index (κ1) is 9.44. The Morgan fingerprint density at radius 3 is 2.86 bits per heavy atom. The van der Waals surface area contributed by atoms with Gasteiger partial charge in [-0.1, -0.05) is 6.92 Å². The molecule has 0 saturated carbocycles. The minimum Gasteiger partial charge on any atom is -0.296 e. The summed E-state index contributed by atoms with van der Waals surface area (Å²) in [4.78, 5) is 16.4. The lowest BCUT2D eigenvalue weighted by atomic mass is 10.00. The number of fused-ring (bicyclic) bond motifs is 1. The van der Waals surface area contributed by atoms with Crippen LogP contribution in [0, 0.1) is 13.8 Å². The summed E-state index contributed by atoms with van der Waals surface area (Å²) in [5.74, 6) is 1.40. The Morgan fingerprint density at radius 1 is 1.43 bits per heavy atom. The molecule has 3 nitrogen and oxygen atoms in total. The number of rotatable bonds is 0. The van der Waals surface area contributed by atoms with Gasteiger partial charge in [0, 0.05) is 23.7 Å². The summed E-state index contributed by atoms with van der Waals surface area (Å²) in [6.45, 7) is 6.76. The summed E-state index contributed by atoms with van der Waals surface area (Å²) >= 11 is 0. The van der Waals surface area contributed by atoms with Crippen molar-refractivity contribution in [3.05, 3.63) is 27.4 Å². The lowest BCUT2D eigenvalue weighted by molar-refractivity contribution is 0.439. The molecule has 1 aromatic rings. The monoisotopic (exact) mass is 192 g/mol. The first-order chi connectivity index (χ1) is 6.61. The number of aromatic nitrogens is 2. The molecule has 1 aliphatic heterocycles. The lowest BCUT2D eigenvalue weighted by Crippen LogP contribution is -2.32. The summed E-state index contributed by atoms with van der Waals surface area (Å²) < 4.78 is 1.84. The summed E-state index contributed by atoms with van der Waals surface area (Å²) in [5, 5.41) is 0. The standard InChI is InChI=1S/C11H16N2O/c1-7-5-4-6-13-10(7)12-9(3)8(2)11(13)14/h7H,4-6H2,1-3H3. The Labute approximate surface area is 83.8 Å². The van der Waals surface area contributed by atoms with Crippen LogP contribution < -0.4 is 5.56 Å². The van der Waals surface area contributed by atoms with Crippen molar-refractivity contribution < 1.29 is 0 Å². The third kappa shape index (κ3) is 1.27. The highest BCUT2D eigenvalue weighted by atomic mass is 16.1. The predicted molar refractivity (Wildman–Crippen MR) is 55.6 cm³/mol. The van der Waals surface area contributed by atoms with Crippen molar-refractivity contribution in [2.24, 2.45) is 0 Å². The fourth-order valence-corrected chi connectivity index (χ4v) is 2.05. The largest absolute Gasteiger partial charge is 0.296 e. The smallest absolute Gasteiger partial charge is 0.256 e. The average molecular weight is 192 g/mol. The highest BCUT2D eigenvalue weighted by Gasteiger charge is 2.20. The summed E-state index contributed by atoms with van der Waals surface area (Å²) in [6.07, 6.45) is 2.24. The van der Waals surface area contributed by atoms with Gasteiger partial charge in [0.25, 0.3) is 5.56 Å². The maximum absolute atomic E-state index is 11.9. The Morgan fingerprint density at radius 2 is 2.14 bits per heavy atom. The van der Waals surface area contributed by atoms with Crippen LogP contribution >= 0.6 is 0 Å². The maximum atomic E-state index is 11.9. The van der Waals surface area contributed by atoms with Gasteiger partial charge in [-0.05, 0) is 26.7 Å². The Kier molecular flexibility index (Phi) is 2.17. The van der Waals surface area contributed by atoms with Gasteiger partial charge >= 0.3 is 0 Å². The fourth-order valence-electron chi connectivity index (χ4n) is 2.05. The molecule has 0 radical (unpaired) electrons. The predicted octanol–water partition coefficient (Wildman–Crippen LogP) is 1.76. The summed E-state index contributed by atoms with van der Waals surface area (Å²) in [7, 11) is 0. The molecule has 0 bridgehead atoms. The number of aryl methyl sites for hydroxylation is 1. The quantitative estimate of drug-likeness (QED) is 0.627. The van der Waals surface area contributed by atoms with Crippen LogP contribution in [0.25, 0.3) is 0 Å². The average Bonchev–Trinajstić information content (AvgIpc) is 2.17. The molecule has 1 atom stereocenters. The molecule has 0 N–H and O–H groups in total. The van der Waals surface area contributed by atoms with Gasteiger partial charge in [-0.15, -0.1) is 0 Å². The van der Waals surface area contributed by atoms with Crippen molar-refractivity contribution in [2.45, 2.75) is 46.1 Å². The molecule has 0 spiro atoms. The third-order valence-electron chi connectivity index (χ3n) is 3.13. The van der Waals surface area contributed by atoms with Crippen molar-refractivity contribution in [3.8, 4) is 0 Å². The van der Waals surface area contributed by atoms with E-state index in [0.717, 1.165) is 36.5 Å². The van der Waals surface area contributed by atoms with Crippen molar-refractivity contribution in [2.75, 3.05) is 0 Å². The van der Waals surface area contributed by atoms with E-state index in [1.807, 2.05) is 18.4 Å². The van der Waals surface area contributed by atoms with E-state index in [0.29, 0.717) is 5.92 Å². The lowest BCUT2D eigenvalue weighted by Gasteiger charge is -2.23. The van der Waals surface area contributed by atoms with Crippen molar-refractivity contribution in [1.29, 1.82) is 0 Å². The number of hydrogen-bond acceptors (Lipinski definition) is 2. The zero-order valence-corrected chi connectivity index (χ0v) is 9.00. The van der Waals surface area contributed by atoms with Gasteiger partial charge in [0.2, 0.25) is 0 Å². The fraction of sp³-hybridized carbons (Fsp3) is 0.636. The second-order valence-electron chi connectivity index (χ2n) is 4.18. The zero-order valence-electron chi connectivity index (χ0n) is 9.00. The highest BCUT2D eigenvalue weighted by molar-refractivity contribution is 5.17. The van der Waals surface area contributed by atoms with Crippen LogP contribution in [0.15, 0.2) is 4.79 Å². The van der Waals surface area contributed by atoms with E-state index < -0.39 is 0 Å². The van der Waals surface area contributed by atoms with Crippen LogP contribution in [0.2, 0.25) is 0 Å². The van der Waals surface area contributed by atoms with Gasteiger partial charge in [0.15, 0.2) is 0 Å². The van der Waals surface area contributed by atoms with Gasteiger partial charge in [-0.2, -0.15) is 0 Å². The topological polar surface area (TPSA) is 34.9 Å². The Balaban J connectivity index is 2.70. The third-order valence-corrected chi connectivity index (χ3v) is 3.13. The van der Waals surface area contributed by atoms with Crippen LogP contribution in [0.5, 0.6) is 0 Å². The van der Waals surface area contributed by atoms with Crippen molar-refractivity contribution in [3.63, 3.8) is 0 Å². The van der Waals surface area contributed by atoms with Crippen LogP contribution in [-0.2, 0) is 6.54 Å². The Bertz CT molecular complexity index is 420. The van der Waals surface area contributed by atoms with Gasteiger partial charge in [0.05, 0.1) is 0 Å². The van der Waals surface area contributed by atoms with E-state index in [4.69, 9.17) is 0 Å². The van der Waals surface area contributed by atoms with E-state index in [9.17, 15) is 4.79 Å². The molecule has 0 aromatic carbocycles. The normalized spacial score (nSPS) is 20.6. The van der Waals surface area contributed by atoms with Crippen LogP contribution in [0.1, 0.15) is 42.8 Å².